The number of hydrogen-bond acceptors (Lipinski definition) is 2. The van der Waals surface area contributed by atoms with Crippen molar-refractivity contribution in [2.75, 3.05) is 0 Å². The molecule has 5 nitrogen and oxygen atoms in total. The second kappa shape index (κ2) is 8.71. The van der Waals surface area contributed by atoms with E-state index in [4.69, 9.17) is 5.11 Å². The number of amides is 2. The largest absolute Gasteiger partial charge is 0.481 e. The predicted octanol–water partition coefficient (Wildman–Crippen LogP) is 3.44. The highest BCUT2D eigenvalue weighted by molar-refractivity contribution is 5.76. The van der Waals surface area contributed by atoms with Crippen molar-refractivity contribution >= 4 is 12.0 Å². The Balaban J connectivity index is 2.03. The van der Waals surface area contributed by atoms with Crippen molar-refractivity contribution in [2.24, 2.45) is 0 Å². The first-order chi connectivity index (χ1) is 11.5. The van der Waals surface area contributed by atoms with Gasteiger partial charge < -0.3 is 15.3 Å². The Labute approximate surface area is 144 Å². The Hall–Kier alpha value is -2.04. The molecule has 1 aliphatic rings. The van der Waals surface area contributed by atoms with E-state index < -0.39 is 5.97 Å². The molecule has 1 saturated heterocycles. The Morgan fingerprint density at radius 1 is 1.29 bits per heavy atom. The van der Waals surface area contributed by atoms with Crippen molar-refractivity contribution in [1.29, 1.82) is 0 Å². The van der Waals surface area contributed by atoms with Gasteiger partial charge in [-0.25, -0.2) is 4.79 Å². The van der Waals surface area contributed by atoms with Gasteiger partial charge in [0.05, 0.1) is 0 Å². The zero-order chi connectivity index (χ0) is 17.5. The van der Waals surface area contributed by atoms with Gasteiger partial charge in [-0.2, -0.15) is 0 Å². The molecule has 0 aromatic heterocycles. The number of hydrogen-bond donors (Lipinski definition) is 2. The van der Waals surface area contributed by atoms with Crippen molar-refractivity contribution in [2.45, 2.75) is 70.5 Å². The smallest absolute Gasteiger partial charge is 0.318 e. The first-order valence-corrected chi connectivity index (χ1v) is 8.85. The molecule has 3 unspecified atom stereocenters. The highest BCUT2D eigenvalue weighted by atomic mass is 16.4. The summed E-state index contributed by atoms with van der Waals surface area (Å²) in [6, 6.07) is 10.2. The lowest BCUT2D eigenvalue weighted by Gasteiger charge is -2.30. The summed E-state index contributed by atoms with van der Waals surface area (Å²) in [4.78, 5) is 25.6. The van der Waals surface area contributed by atoms with E-state index in [1.807, 2.05) is 35.2 Å². The average Bonchev–Trinajstić information content (AvgIpc) is 2.94. The average molecular weight is 332 g/mol. The van der Waals surface area contributed by atoms with Crippen molar-refractivity contribution in [3.63, 3.8) is 0 Å². The zero-order valence-electron chi connectivity index (χ0n) is 14.6. The molecule has 0 bridgehead atoms. The van der Waals surface area contributed by atoms with Crippen molar-refractivity contribution in [3.05, 3.63) is 35.9 Å². The van der Waals surface area contributed by atoms with Gasteiger partial charge in [0.1, 0.15) is 0 Å². The number of carbonyl (C=O) groups is 2. The fourth-order valence-electron chi connectivity index (χ4n) is 3.51. The van der Waals surface area contributed by atoms with Gasteiger partial charge >= 0.3 is 12.0 Å². The van der Waals surface area contributed by atoms with Gasteiger partial charge in [0.2, 0.25) is 0 Å². The number of carboxylic acids is 1. The van der Waals surface area contributed by atoms with E-state index >= 15 is 0 Å². The summed E-state index contributed by atoms with van der Waals surface area (Å²) in [5.74, 6) is -0.830. The van der Waals surface area contributed by atoms with E-state index in [9.17, 15) is 9.59 Å². The van der Waals surface area contributed by atoms with Crippen LogP contribution in [-0.4, -0.2) is 40.1 Å². The minimum atomic E-state index is -0.830. The molecule has 132 valence electrons. The first-order valence-electron chi connectivity index (χ1n) is 8.85. The molecule has 24 heavy (non-hydrogen) atoms. The van der Waals surface area contributed by atoms with Crippen LogP contribution in [0.15, 0.2) is 30.3 Å². The highest BCUT2D eigenvalue weighted by Crippen LogP contribution is 2.26. The summed E-state index contributed by atoms with van der Waals surface area (Å²) < 4.78 is 0. The van der Waals surface area contributed by atoms with Crippen LogP contribution in [0.1, 0.15) is 51.5 Å². The molecule has 0 aliphatic carbocycles. The van der Waals surface area contributed by atoms with Gasteiger partial charge in [0.25, 0.3) is 0 Å². The number of urea groups is 1. The Kier molecular flexibility index (Phi) is 6.64. The van der Waals surface area contributed by atoms with Gasteiger partial charge in [-0.1, -0.05) is 37.3 Å². The number of rotatable bonds is 7. The van der Waals surface area contributed by atoms with Crippen LogP contribution in [0.4, 0.5) is 4.79 Å². The minimum absolute atomic E-state index is 0.0573. The van der Waals surface area contributed by atoms with Crippen LogP contribution in [0.2, 0.25) is 0 Å². The summed E-state index contributed by atoms with van der Waals surface area (Å²) in [6.45, 7) is 4.19. The lowest BCUT2D eigenvalue weighted by Crippen LogP contribution is -2.49. The lowest BCUT2D eigenvalue weighted by molar-refractivity contribution is -0.137. The van der Waals surface area contributed by atoms with Crippen LogP contribution in [0.25, 0.3) is 0 Å². The number of benzene rings is 1. The zero-order valence-corrected chi connectivity index (χ0v) is 14.6. The molecule has 0 saturated carbocycles. The minimum Gasteiger partial charge on any atom is -0.481 e. The number of nitrogens with zero attached hydrogens (tertiary/aromatic N) is 1. The molecule has 5 heteroatoms. The van der Waals surface area contributed by atoms with E-state index in [0.29, 0.717) is 12.8 Å². The molecule has 3 atom stereocenters. The normalized spacial score (nSPS) is 21.5. The third-order valence-electron chi connectivity index (χ3n) is 4.85. The fraction of sp³-hybridized carbons (Fsp3) is 0.579. The third-order valence-corrected chi connectivity index (χ3v) is 4.85. The summed E-state index contributed by atoms with van der Waals surface area (Å²) in [5.41, 5.74) is 1.11. The van der Waals surface area contributed by atoms with E-state index in [2.05, 4.69) is 19.2 Å². The topological polar surface area (TPSA) is 69.6 Å². The maximum absolute atomic E-state index is 12.7. The molecule has 0 radical (unpaired) electrons. The number of carbonyl (C=O) groups excluding carboxylic acids is 1. The molecule has 2 N–H and O–H groups in total. The molecule has 0 spiro atoms. The number of likely N-dealkylation sites (tertiary alicyclic amines) is 1. The summed E-state index contributed by atoms with van der Waals surface area (Å²) in [6.07, 6.45) is 4.18. The summed E-state index contributed by atoms with van der Waals surface area (Å²) in [5, 5.41) is 12.1. The SMILES string of the molecule is CCC1CCC(C)N1C(=O)NC(CCC(=O)O)Cc1ccccc1. The first kappa shape index (κ1) is 18.3. The molecule has 1 aromatic rings. The Bertz CT molecular complexity index is 547. The fourth-order valence-corrected chi connectivity index (χ4v) is 3.51. The van der Waals surface area contributed by atoms with Crippen LogP contribution in [-0.2, 0) is 11.2 Å². The van der Waals surface area contributed by atoms with Gasteiger partial charge in [-0.05, 0) is 44.6 Å². The second-order valence-corrected chi connectivity index (χ2v) is 6.66. The predicted molar refractivity (Wildman–Crippen MR) is 93.9 cm³/mol. The lowest BCUT2D eigenvalue weighted by atomic mass is 10.0. The van der Waals surface area contributed by atoms with E-state index in [-0.39, 0.29) is 30.6 Å². The second-order valence-electron chi connectivity index (χ2n) is 6.66. The summed E-state index contributed by atoms with van der Waals surface area (Å²) >= 11 is 0. The Morgan fingerprint density at radius 3 is 2.62 bits per heavy atom. The van der Waals surface area contributed by atoms with Crippen LogP contribution in [0, 0.1) is 0 Å². The molecule has 2 rings (SSSR count). The van der Waals surface area contributed by atoms with Gasteiger partial charge in [0, 0.05) is 24.5 Å². The monoisotopic (exact) mass is 332 g/mol. The highest BCUT2D eigenvalue weighted by Gasteiger charge is 2.33. The molecule has 1 aromatic carbocycles. The van der Waals surface area contributed by atoms with Gasteiger partial charge in [-0.3, -0.25) is 4.79 Å². The van der Waals surface area contributed by atoms with Crippen LogP contribution in [0.5, 0.6) is 0 Å². The molecule has 1 aliphatic heterocycles. The number of aliphatic carboxylic acids is 1. The van der Waals surface area contributed by atoms with Crippen molar-refractivity contribution < 1.29 is 14.7 Å². The maximum Gasteiger partial charge on any atom is 0.318 e. The molecular formula is C19H28N2O3. The third kappa shape index (κ3) is 4.98. The van der Waals surface area contributed by atoms with E-state index in [0.717, 1.165) is 24.8 Å². The number of nitrogens with one attached hydrogen (secondary N) is 1. The van der Waals surface area contributed by atoms with Gasteiger partial charge in [-0.15, -0.1) is 0 Å². The van der Waals surface area contributed by atoms with E-state index in [1.54, 1.807) is 0 Å². The number of carboxylic acid groups (broad SMARTS) is 1. The molecule has 2 amide bonds. The maximum atomic E-state index is 12.7. The van der Waals surface area contributed by atoms with Crippen molar-refractivity contribution in [1.82, 2.24) is 10.2 Å². The van der Waals surface area contributed by atoms with E-state index in [1.165, 1.54) is 0 Å². The molecular weight excluding hydrogens is 304 g/mol. The quantitative estimate of drug-likeness (QED) is 0.803. The van der Waals surface area contributed by atoms with Gasteiger partial charge in [0.15, 0.2) is 0 Å². The van der Waals surface area contributed by atoms with Crippen LogP contribution >= 0.6 is 0 Å². The summed E-state index contributed by atoms with van der Waals surface area (Å²) in [7, 11) is 0. The molecule has 1 heterocycles. The van der Waals surface area contributed by atoms with Crippen molar-refractivity contribution in [3.8, 4) is 0 Å². The Morgan fingerprint density at radius 2 is 2.00 bits per heavy atom. The van der Waals surface area contributed by atoms with Crippen LogP contribution in [0.3, 0.4) is 0 Å². The molecule has 1 fully saturated rings. The standard InChI is InChI=1S/C19H28N2O3/c1-3-17-11-9-14(2)21(17)19(24)20-16(10-12-18(22)23)13-15-7-5-4-6-8-15/h4-8,14,16-17H,3,9-13H2,1-2H3,(H,20,24)(H,22,23). The van der Waals surface area contributed by atoms with Crippen LogP contribution < -0.4 is 5.32 Å².